The fourth-order valence-electron chi connectivity index (χ4n) is 4.57. The molecule has 2 heterocycles. The Balaban J connectivity index is 1.20. The molecule has 1 saturated heterocycles. The second-order valence-corrected chi connectivity index (χ2v) is 8.95. The zero-order valence-electron chi connectivity index (χ0n) is 18.3. The molecule has 2 aromatic carbocycles. The monoisotopic (exact) mass is 436 g/mol. The van der Waals surface area contributed by atoms with Crippen molar-refractivity contribution in [3.63, 3.8) is 0 Å². The lowest BCUT2D eigenvalue weighted by molar-refractivity contribution is 0.0724. The molecule has 0 spiro atoms. The summed E-state index contributed by atoms with van der Waals surface area (Å²) in [6.45, 7) is 5.87. The van der Waals surface area contributed by atoms with Gasteiger partial charge in [-0.25, -0.2) is 0 Å². The maximum atomic E-state index is 12.6. The molecule has 0 aliphatic carbocycles. The van der Waals surface area contributed by atoms with Crippen molar-refractivity contribution in [2.75, 3.05) is 36.4 Å². The Labute approximate surface area is 190 Å². The highest BCUT2D eigenvalue weighted by Crippen LogP contribution is 2.31. The predicted octanol–water partition coefficient (Wildman–Crippen LogP) is 4.44. The molecule has 0 unspecified atom stereocenters. The standard InChI is InChI=1S/C25H32N4OS/c1-19-18-21-8-3-4-9-23(21)29(19)17-7-14-26-25(31)27-22-12-10-20(11-13-22)24(30)28-15-5-2-6-16-28/h3-4,8-13,19H,2,5-7,14-18H2,1H3,(H2,26,27,31)/t19-/m1/s1. The minimum atomic E-state index is 0.129. The Morgan fingerprint density at radius 2 is 1.81 bits per heavy atom. The molecular weight excluding hydrogens is 404 g/mol. The van der Waals surface area contributed by atoms with Gasteiger partial charge in [0.1, 0.15) is 0 Å². The smallest absolute Gasteiger partial charge is 0.253 e. The van der Waals surface area contributed by atoms with E-state index in [2.05, 4.69) is 46.7 Å². The maximum Gasteiger partial charge on any atom is 0.253 e. The molecule has 6 heteroatoms. The Morgan fingerprint density at radius 3 is 2.58 bits per heavy atom. The summed E-state index contributed by atoms with van der Waals surface area (Å²) < 4.78 is 0. The van der Waals surface area contributed by atoms with Gasteiger partial charge in [0.25, 0.3) is 5.91 Å². The number of hydrogen-bond donors (Lipinski definition) is 2. The van der Waals surface area contributed by atoms with E-state index < -0.39 is 0 Å². The van der Waals surface area contributed by atoms with Gasteiger partial charge in [-0.3, -0.25) is 4.79 Å². The van der Waals surface area contributed by atoms with E-state index >= 15 is 0 Å². The van der Waals surface area contributed by atoms with Gasteiger partial charge in [0.05, 0.1) is 0 Å². The van der Waals surface area contributed by atoms with Crippen molar-refractivity contribution in [3.05, 3.63) is 59.7 Å². The van der Waals surface area contributed by atoms with E-state index in [0.29, 0.717) is 11.2 Å². The van der Waals surface area contributed by atoms with Gasteiger partial charge in [-0.1, -0.05) is 18.2 Å². The normalized spacial score (nSPS) is 17.9. The summed E-state index contributed by atoms with van der Waals surface area (Å²) in [5.74, 6) is 0.129. The van der Waals surface area contributed by atoms with Crippen LogP contribution in [0.3, 0.4) is 0 Å². The van der Waals surface area contributed by atoms with Crippen LogP contribution in [0, 0.1) is 0 Å². The highest BCUT2D eigenvalue weighted by atomic mass is 32.1. The third-order valence-electron chi connectivity index (χ3n) is 6.24. The van der Waals surface area contributed by atoms with Crippen LogP contribution in [0.1, 0.15) is 48.5 Å². The summed E-state index contributed by atoms with van der Waals surface area (Å²) in [7, 11) is 0. The molecule has 0 saturated carbocycles. The second-order valence-electron chi connectivity index (χ2n) is 8.54. The van der Waals surface area contributed by atoms with E-state index in [1.807, 2.05) is 29.2 Å². The molecule has 2 aromatic rings. The fraction of sp³-hybridized carbons (Fsp3) is 0.440. The summed E-state index contributed by atoms with van der Waals surface area (Å²) in [5.41, 5.74) is 4.46. The minimum absolute atomic E-state index is 0.129. The summed E-state index contributed by atoms with van der Waals surface area (Å²) in [4.78, 5) is 17.0. The third kappa shape index (κ3) is 5.37. The number of benzene rings is 2. The van der Waals surface area contributed by atoms with E-state index in [1.54, 1.807) is 0 Å². The number of carbonyl (C=O) groups is 1. The van der Waals surface area contributed by atoms with Gasteiger partial charge >= 0.3 is 0 Å². The van der Waals surface area contributed by atoms with Gasteiger partial charge in [-0.15, -0.1) is 0 Å². The van der Waals surface area contributed by atoms with Crippen LogP contribution < -0.4 is 15.5 Å². The zero-order valence-corrected chi connectivity index (χ0v) is 19.1. The minimum Gasteiger partial charge on any atom is -0.368 e. The summed E-state index contributed by atoms with van der Waals surface area (Å²) in [5, 5.41) is 7.14. The number of amides is 1. The molecule has 1 atom stereocenters. The highest BCUT2D eigenvalue weighted by molar-refractivity contribution is 7.80. The molecule has 4 rings (SSSR count). The largest absolute Gasteiger partial charge is 0.368 e. The van der Waals surface area contributed by atoms with Crippen molar-refractivity contribution >= 4 is 34.6 Å². The van der Waals surface area contributed by atoms with Crippen LogP contribution in [0.25, 0.3) is 0 Å². The van der Waals surface area contributed by atoms with Crippen molar-refractivity contribution in [3.8, 4) is 0 Å². The first-order valence-electron chi connectivity index (χ1n) is 11.4. The number of thiocarbonyl (C=S) groups is 1. The number of hydrogen-bond acceptors (Lipinski definition) is 3. The molecule has 31 heavy (non-hydrogen) atoms. The number of likely N-dealkylation sites (tertiary alicyclic amines) is 1. The molecule has 0 radical (unpaired) electrons. The molecule has 164 valence electrons. The first-order valence-corrected chi connectivity index (χ1v) is 11.8. The molecule has 2 aliphatic heterocycles. The van der Waals surface area contributed by atoms with Crippen molar-refractivity contribution in [2.24, 2.45) is 0 Å². The molecule has 1 amide bonds. The lowest BCUT2D eigenvalue weighted by Crippen LogP contribution is -2.35. The number of anilines is 2. The quantitative estimate of drug-likeness (QED) is 0.518. The van der Waals surface area contributed by atoms with Crippen molar-refractivity contribution in [1.29, 1.82) is 0 Å². The van der Waals surface area contributed by atoms with Crippen molar-refractivity contribution in [1.82, 2.24) is 10.2 Å². The number of piperidine rings is 1. The molecule has 2 aliphatic rings. The van der Waals surface area contributed by atoms with E-state index in [9.17, 15) is 4.79 Å². The first kappa shape index (κ1) is 21.6. The van der Waals surface area contributed by atoms with E-state index in [-0.39, 0.29) is 5.91 Å². The van der Waals surface area contributed by atoms with Crippen LogP contribution >= 0.6 is 12.2 Å². The number of para-hydroxylation sites is 1. The van der Waals surface area contributed by atoms with Crippen LogP contribution in [0.2, 0.25) is 0 Å². The Morgan fingerprint density at radius 1 is 1.06 bits per heavy atom. The Hall–Kier alpha value is -2.60. The molecule has 5 nitrogen and oxygen atoms in total. The Kier molecular flexibility index (Phi) is 7.07. The zero-order chi connectivity index (χ0) is 21.6. The van der Waals surface area contributed by atoms with Crippen LogP contribution in [0.5, 0.6) is 0 Å². The molecule has 0 aromatic heterocycles. The van der Waals surface area contributed by atoms with Crippen LogP contribution in [-0.4, -0.2) is 48.1 Å². The third-order valence-corrected chi connectivity index (χ3v) is 6.49. The number of carbonyl (C=O) groups excluding carboxylic acids is 1. The lowest BCUT2D eigenvalue weighted by atomic mass is 10.1. The van der Waals surface area contributed by atoms with Gasteiger partial charge < -0.3 is 20.4 Å². The lowest BCUT2D eigenvalue weighted by Gasteiger charge is -2.26. The van der Waals surface area contributed by atoms with Gasteiger partial charge in [-0.2, -0.15) is 0 Å². The van der Waals surface area contributed by atoms with Gasteiger partial charge in [0.15, 0.2) is 5.11 Å². The van der Waals surface area contributed by atoms with Crippen LogP contribution in [0.4, 0.5) is 11.4 Å². The summed E-state index contributed by atoms with van der Waals surface area (Å²) >= 11 is 5.45. The van der Waals surface area contributed by atoms with Crippen molar-refractivity contribution in [2.45, 2.75) is 45.1 Å². The van der Waals surface area contributed by atoms with Gasteiger partial charge in [0, 0.05) is 49.2 Å². The summed E-state index contributed by atoms with van der Waals surface area (Å²) in [6, 6.07) is 16.9. The fourth-order valence-corrected chi connectivity index (χ4v) is 4.79. The summed E-state index contributed by atoms with van der Waals surface area (Å²) in [6.07, 6.45) is 5.58. The van der Waals surface area contributed by atoms with Crippen LogP contribution in [0.15, 0.2) is 48.5 Å². The number of fused-ring (bicyclic) bond motifs is 1. The average Bonchev–Trinajstić information content (AvgIpc) is 3.12. The maximum absolute atomic E-state index is 12.6. The van der Waals surface area contributed by atoms with Gasteiger partial charge in [0.2, 0.25) is 0 Å². The first-order chi connectivity index (χ1) is 15.1. The van der Waals surface area contributed by atoms with E-state index in [0.717, 1.165) is 63.1 Å². The second kappa shape index (κ2) is 10.1. The number of nitrogens with zero attached hydrogens (tertiary/aromatic N) is 2. The topological polar surface area (TPSA) is 47.6 Å². The average molecular weight is 437 g/mol. The van der Waals surface area contributed by atoms with E-state index in [4.69, 9.17) is 12.2 Å². The Bertz CT molecular complexity index is 908. The van der Waals surface area contributed by atoms with Gasteiger partial charge in [-0.05, 0) is 87.1 Å². The van der Waals surface area contributed by atoms with Crippen LogP contribution in [-0.2, 0) is 6.42 Å². The number of rotatable bonds is 6. The molecule has 2 N–H and O–H groups in total. The highest BCUT2D eigenvalue weighted by Gasteiger charge is 2.24. The SMILES string of the molecule is C[C@@H]1Cc2ccccc2N1CCCNC(=S)Nc1ccc(C(=O)N2CCCCC2)cc1. The van der Waals surface area contributed by atoms with Crippen molar-refractivity contribution < 1.29 is 4.79 Å². The van der Waals surface area contributed by atoms with E-state index in [1.165, 1.54) is 17.7 Å². The predicted molar refractivity (Wildman–Crippen MR) is 132 cm³/mol. The molecule has 1 fully saturated rings. The molecule has 0 bridgehead atoms. The number of nitrogens with one attached hydrogen (secondary N) is 2. The molecular formula is C25H32N4OS.